The zero-order chi connectivity index (χ0) is 15.5. The first-order valence-corrected chi connectivity index (χ1v) is 7.87. The maximum absolute atomic E-state index is 12.6. The van der Waals surface area contributed by atoms with Crippen molar-refractivity contribution in [1.29, 1.82) is 0 Å². The Kier molecular flexibility index (Phi) is 5.08. The topological polar surface area (TPSA) is 81.1 Å². The number of carbonyl (C=O) groups is 2. The van der Waals surface area contributed by atoms with Gasteiger partial charge in [-0.15, -0.1) is 0 Å². The number of carboxylic acid groups (broad SMARTS) is 1. The molecule has 120 valence electrons. The number of hydrogen-bond donors (Lipinski definition) is 2. The molecule has 0 aromatic carbocycles. The van der Waals surface area contributed by atoms with Gasteiger partial charge in [0.05, 0.1) is 12.1 Å². The van der Waals surface area contributed by atoms with Crippen LogP contribution in [0, 0.1) is 0 Å². The summed E-state index contributed by atoms with van der Waals surface area (Å²) in [4.78, 5) is 26.6. The van der Waals surface area contributed by atoms with Crippen LogP contribution in [0.4, 0.5) is 4.79 Å². The minimum absolute atomic E-state index is 0.0225. The van der Waals surface area contributed by atoms with Crippen molar-refractivity contribution < 1.29 is 19.8 Å². The van der Waals surface area contributed by atoms with Gasteiger partial charge in [0.2, 0.25) is 0 Å². The van der Waals surface area contributed by atoms with E-state index in [4.69, 9.17) is 5.11 Å². The second-order valence-corrected chi connectivity index (χ2v) is 6.53. The fourth-order valence-electron chi connectivity index (χ4n) is 3.63. The number of aliphatic carboxylic acids is 1. The maximum Gasteiger partial charge on any atom is 0.323 e. The standard InChI is InChI=1S/C15H26N2O4/c1-16(11-15(21)8-4-5-9-15)14(20)17(10-13(18)19)12-6-2-3-7-12/h12,21H,2-11H2,1H3,(H,18,19). The molecule has 0 heterocycles. The number of carboxylic acids is 1. The van der Waals surface area contributed by atoms with Gasteiger partial charge in [-0.1, -0.05) is 25.7 Å². The van der Waals surface area contributed by atoms with Crippen LogP contribution in [0.15, 0.2) is 0 Å². The van der Waals surface area contributed by atoms with E-state index >= 15 is 0 Å². The number of hydrogen-bond acceptors (Lipinski definition) is 3. The molecule has 2 rings (SSSR count). The minimum Gasteiger partial charge on any atom is -0.480 e. The summed E-state index contributed by atoms with van der Waals surface area (Å²) in [5.41, 5.74) is -0.797. The van der Waals surface area contributed by atoms with Gasteiger partial charge in [0.25, 0.3) is 0 Å². The summed E-state index contributed by atoms with van der Waals surface area (Å²) in [5.74, 6) is -0.983. The number of carbonyl (C=O) groups excluding carboxylic acids is 1. The predicted octanol–water partition coefficient (Wildman–Crippen LogP) is 1.67. The molecule has 21 heavy (non-hydrogen) atoms. The highest BCUT2D eigenvalue weighted by Crippen LogP contribution is 2.30. The molecule has 0 spiro atoms. The maximum atomic E-state index is 12.6. The van der Waals surface area contributed by atoms with Gasteiger partial charge in [0.15, 0.2) is 0 Å². The van der Waals surface area contributed by atoms with Crippen molar-refractivity contribution in [3.8, 4) is 0 Å². The number of likely N-dealkylation sites (N-methyl/N-ethyl adjacent to an activating group) is 1. The molecular formula is C15H26N2O4. The van der Waals surface area contributed by atoms with Gasteiger partial charge in [-0.3, -0.25) is 4.79 Å². The van der Waals surface area contributed by atoms with E-state index in [2.05, 4.69) is 0 Å². The van der Waals surface area contributed by atoms with Crippen molar-refractivity contribution >= 4 is 12.0 Å². The van der Waals surface area contributed by atoms with Crippen LogP contribution in [0.25, 0.3) is 0 Å². The van der Waals surface area contributed by atoms with Crippen molar-refractivity contribution in [3.63, 3.8) is 0 Å². The highest BCUT2D eigenvalue weighted by molar-refractivity contribution is 5.80. The molecule has 6 heteroatoms. The Bertz CT molecular complexity index is 387. The molecule has 2 amide bonds. The van der Waals surface area contributed by atoms with Gasteiger partial charge in [-0.25, -0.2) is 4.79 Å². The van der Waals surface area contributed by atoms with Crippen LogP contribution in [0.1, 0.15) is 51.4 Å². The Hall–Kier alpha value is -1.30. The lowest BCUT2D eigenvalue weighted by molar-refractivity contribution is -0.138. The number of aliphatic hydroxyl groups is 1. The minimum atomic E-state index is -0.983. The van der Waals surface area contributed by atoms with E-state index < -0.39 is 11.6 Å². The molecule has 2 aliphatic carbocycles. The highest BCUT2D eigenvalue weighted by atomic mass is 16.4. The molecule has 0 saturated heterocycles. The quantitative estimate of drug-likeness (QED) is 0.809. The van der Waals surface area contributed by atoms with Gasteiger partial charge in [-0.2, -0.15) is 0 Å². The molecule has 2 fully saturated rings. The average Bonchev–Trinajstić information content (AvgIpc) is 3.06. The molecular weight excluding hydrogens is 272 g/mol. The Balaban J connectivity index is 2.00. The van der Waals surface area contributed by atoms with Crippen LogP contribution >= 0.6 is 0 Å². The first-order chi connectivity index (χ1) is 9.91. The number of urea groups is 1. The molecule has 2 N–H and O–H groups in total. The molecule has 2 saturated carbocycles. The van der Waals surface area contributed by atoms with Crippen LogP contribution in [0.3, 0.4) is 0 Å². The van der Waals surface area contributed by atoms with Crippen LogP contribution in [0.5, 0.6) is 0 Å². The van der Waals surface area contributed by atoms with Crippen LogP contribution in [0.2, 0.25) is 0 Å². The molecule has 0 aromatic rings. The number of nitrogens with zero attached hydrogens (tertiary/aromatic N) is 2. The van der Waals surface area contributed by atoms with Crippen LogP contribution < -0.4 is 0 Å². The van der Waals surface area contributed by atoms with Crippen molar-refractivity contribution in [2.45, 2.75) is 63.0 Å². The van der Waals surface area contributed by atoms with Crippen molar-refractivity contribution in [2.24, 2.45) is 0 Å². The van der Waals surface area contributed by atoms with Gasteiger partial charge >= 0.3 is 12.0 Å². The summed E-state index contributed by atoms with van der Waals surface area (Å²) in [6.45, 7) is 0.0287. The zero-order valence-electron chi connectivity index (χ0n) is 12.8. The van der Waals surface area contributed by atoms with Crippen molar-refractivity contribution in [3.05, 3.63) is 0 Å². The third kappa shape index (κ3) is 4.09. The SMILES string of the molecule is CN(CC1(O)CCCC1)C(=O)N(CC(=O)O)C1CCCC1. The molecule has 0 atom stereocenters. The molecule has 0 bridgehead atoms. The lowest BCUT2D eigenvalue weighted by Gasteiger charge is -2.35. The summed E-state index contributed by atoms with van der Waals surface area (Å²) in [7, 11) is 1.66. The monoisotopic (exact) mass is 298 g/mol. The molecule has 0 aromatic heterocycles. The van der Waals surface area contributed by atoms with E-state index in [1.54, 1.807) is 7.05 Å². The summed E-state index contributed by atoms with van der Waals surface area (Å²) in [5, 5.41) is 19.5. The van der Waals surface area contributed by atoms with E-state index in [1.165, 1.54) is 9.80 Å². The summed E-state index contributed by atoms with van der Waals surface area (Å²) in [6.07, 6.45) is 7.23. The predicted molar refractivity (Wildman–Crippen MR) is 78.0 cm³/mol. The number of amides is 2. The lowest BCUT2D eigenvalue weighted by atomic mass is 10.0. The molecule has 0 aliphatic heterocycles. The third-order valence-electron chi connectivity index (χ3n) is 4.71. The van der Waals surface area contributed by atoms with E-state index in [-0.39, 0.29) is 25.2 Å². The molecule has 6 nitrogen and oxygen atoms in total. The van der Waals surface area contributed by atoms with Gasteiger partial charge < -0.3 is 20.0 Å². The Morgan fingerprint density at radius 1 is 1.14 bits per heavy atom. The first kappa shape index (κ1) is 16.1. The van der Waals surface area contributed by atoms with Crippen LogP contribution in [-0.2, 0) is 4.79 Å². The van der Waals surface area contributed by atoms with Gasteiger partial charge in [0.1, 0.15) is 6.54 Å². The van der Waals surface area contributed by atoms with Crippen molar-refractivity contribution in [2.75, 3.05) is 20.1 Å². The smallest absolute Gasteiger partial charge is 0.323 e. The largest absolute Gasteiger partial charge is 0.480 e. The van der Waals surface area contributed by atoms with Crippen molar-refractivity contribution in [1.82, 2.24) is 9.80 Å². The Morgan fingerprint density at radius 2 is 1.71 bits per heavy atom. The average molecular weight is 298 g/mol. The van der Waals surface area contributed by atoms with Gasteiger partial charge in [0, 0.05) is 13.1 Å². The lowest BCUT2D eigenvalue weighted by Crippen LogP contribution is -2.51. The fraction of sp³-hybridized carbons (Fsp3) is 0.867. The van der Waals surface area contributed by atoms with E-state index in [0.717, 1.165) is 38.5 Å². The summed E-state index contributed by atoms with van der Waals surface area (Å²) < 4.78 is 0. The second kappa shape index (κ2) is 6.64. The number of rotatable bonds is 5. The zero-order valence-corrected chi connectivity index (χ0v) is 12.8. The van der Waals surface area contributed by atoms with Crippen LogP contribution in [-0.4, -0.2) is 63.8 Å². The normalized spacial score (nSPS) is 21.4. The second-order valence-electron chi connectivity index (χ2n) is 6.53. The Morgan fingerprint density at radius 3 is 2.24 bits per heavy atom. The van der Waals surface area contributed by atoms with Gasteiger partial charge in [-0.05, 0) is 25.7 Å². The Labute approximate surface area is 125 Å². The third-order valence-corrected chi connectivity index (χ3v) is 4.71. The molecule has 2 aliphatic rings. The summed E-state index contributed by atoms with van der Waals surface area (Å²) in [6, 6.07) is -0.251. The van der Waals surface area contributed by atoms with E-state index in [9.17, 15) is 14.7 Å². The first-order valence-electron chi connectivity index (χ1n) is 7.87. The fourth-order valence-corrected chi connectivity index (χ4v) is 3.63. The molecule has 0 unspecified atom stereocenters. The van der Waals surface area contributed by atoms with E-state index in [1.807, 2.05) is 0 Å². The molecule has 0 radical (unpaired) electrons. The highest BCUT2D eigenvalue weighted by Gasteiger charge is 2.36. The van der Waals surface area contributed by atoms with E-state index in [0.29, 0.717) is 12.8 Å². The summed E-state index contributed by atoms with van der Waals surface area (Å²) >= 11 is 0.